The van der Waals surface area contributed by atoms with Gasteiger partial charge in [-0.1, -0.05) is 0 Å². The third-order valence-electron chi connectivity index (χ3n) is 4.23. The monoisotopic (exact) mass is 317 g/mol. The molecule has 2 aliphatic rings. The van der Waals surface area contributed by atoms with Gasteiger partial charge in [0.15, 0.2) is 0 Å². The van der Waals surface area contributed by atoms with Crippen molar-refractivity contribution < 1.29 is 23.4 Å². The summed E-state index contributed by atoms with van der Waals surface area (Å²) >= 11 is 0. The Balaban J connectivity index is 1.54. The number of rotatable bonds is 6. The standard InChI is InChI=1S/C17H19NO5/c1-20-9-13-7-18(17(19)23-13)15-10-22-16-6-12(4-5-14(15)16)21-8-11-2-3-11/h4-6,10-11,13H,2-3,7-9H2,1H3/t13-/m1/s1. The van der Waals surface area contributed by atoms with E-state index in [0.717, 1.165) is 23.4 Å². The Morgan fingerprint density at radius 2 is 2.17 bits per heavy atom. The molecule has 0 radical (unpaired) electrons. The molecule has 6 nitrogen and oxygen atoms in total. The van der Waals surface area contributed by atoms with Crippen molar-refractivity contribution in [2.45, 2.75) is 18.9 Å². The molecule has 0 spiro atoms. The second kappa shape index (κ2) is 5.77. The van der Waals surface area contributed by atoms with Crippen molar-refractivity contribution in [2.75, 3.05) is 31.8 Å². The number of fused-ring (bicyclic) bond motifs is 1. The van der Waals surface area contributed by atoms with Crippen LogP contribution in [0.1, 0.15) is 12.8 Å². The molecule has 2 heterocycles. The highest BCUT2D eigenvalue weighted by Gasteiger charge is 2.34. The van der Waals surface area contributed by atoms with Gasteiger partial charge in [0, 0.05) is 18.6 Å². The SMILES string of the molecule is COC[C@H]1CN(c2coc3cc(OCC4CC4)ccc23)C(=O)O1. The highest BCUT2D eigenvalue weighted by atomic mass is 16.6. The third kappa shape index (κ3) is 2.86. The van der Waals surface area contributed by atoms with Crippen molar-refractivity contribution in [2.24, 2.45) is 5.92 Å². The van der Waals surface area contributed by atoms with E-state index in [1.807, 2.05) is 18.2 Å². The Morgan fingerprint density at radius 1 is 1.30 bits per heavy atom. The summed E-state index contributed by atoms with van der Waals surface area (Å²) in [6.45, 7) is 1.61. The molecule has 6 heteroatoms. The molecule has 1 aromatic carbocycles. The third-order valence-corrected chi connectivity index (χ3v) is 4.23. The lowest BCUT2D eigenvalue weighted by Gasteiger charge is -2.10. The number of anilines is 1. The quantitative estimate of drug-likeness (QED) is 0.819. The Labute approximate surface area is 133 Å². The fraction of sp³-hybridized carbons (Fsp3) is 0.471. The average molecular weight is 317 g/mol. The van der Waals surface area contributed by atoms with Crippen LogP contribution in [-0.4, -0.2) is 39.1 Å². The van der Waals surface area contributed by atoms with Gasteiger partial charge in [-0.15, -0.1) is 0 Å². The van der Waals surface area contributed by atoms with Crippen molar-refractivity contribution in [1.82, 2.24) is 0 Å². The number of hydrogen-bond acceptors (Lipinski definition) is 5. The van der Waals surface area contributed by atoms with Gasteiger partial charge >= 0.3 is 6.09 Å². The summed E-state index contributed by atoms with van der Waals surface area (Å²) in [6, 6.07) is 5.71. The van der Waals surface area contributed by atoms with E-state index in [1.54, 1.807) is 18.3 Å². The molecule has 23 heavy (non-hydrogen) atoms. The lowest BCUT2D eigenvalue weighted by Crippen LogP contribution is -2.25. The molecule has 1 amide bonds. The molecule has 1 aromatic heterocycles. The zero-order valence-electron chi connectivity index (χ0n) is 13.0. The summed E-state index contributed by atoms with van der Waals surface area (Å²) in [6.07, 6.45) is 3.48. The van der Waals surface area contributed by atoms with Gasteiger partial charge in [0.25, 0.3) is 0 Å². The summed E-state index contributed by atoms with van der Waals surface area (Å²) < 4.78 is 21.7. The van der Waals surface area contributed by atoms with Crippen molar-refractivity contribution in [1.29, 1.82) is 0 Å². The molecule has 1 atom stereocenters. The molecular weight excluding hydrogens is 298 g/mol. The van der Waals surface area contributed by atoms with Crippen LogP contribution in [0.15, 0.2) is 28.9 Å². The number of ether oxygens (including phenoxy) is 3. The summed E-state index contributed by atoms with van der Waals surface area (Å²) in [7, 11) is 1.59. The van der Waals surface area contributed by atoms with Crippen molar-refractivity contribution in [3.63, 3.8) is 0 Å². The van der Waals surface area contributed by atoms with Crippen LogP contribution in [0.2, 0.25) is 0 Å². The molecule has 0 unspecified atom stereocenters. The van der Waals surface area contributed by atoms with Crippen molar-refractivity contribution in [3.8, 4) is 5.75 Å². The topological polar surface area (TPSA) is 61.1 Å². The highest BCUT2D eigenvalue weighted by Crippen LogP contribution is 2.35. The maximum absolute atomic E-state index is 12.0. The molecule has 1 aliphatic carbocycles. The minimum Gasteiger partial charge on any atom is -0.493 e. The summed E-state index contributed by atoms with van der Waals surface area (Å²) in [5.41, 5.74) is 1.42. The first kappa shape index (κ1) is 14.4. The van der Waals surface area contributed by atoms with Crippen LogP contribution >= 0.6 is 0 Å². The molecule has 122 valence electrons. The van der Waals surface area contributed by atoms with Crippen LogP contribution in [-0.2, 0) is 9.47 Å². The number of carbonyl (C=O) groups is 1. The summed E-state index contributed by atoms with van der Waals surface area (Å²) in [4.78, 5) is 13.6. The molecule has 1 saturated heterocycles. The lowest BCUT2D eigenvalue weighted by atomic mass is 10.2. The second-order valence-corrected chi connectivity index (χ2v) is 6.11. The number of furan rings is 1. The summed E-state index contributed by atoms with van der Waals surface area (Å²) in [5, 5.41) is 0.874. The maximum Gasteiger partial charge on any atom is 0.414 e. The lowest BCUT2D eigenvalue weighted by molar-refractivity contribution is 0.0718. The number of methoxy groups -OCH3 is 1. The van der Waals surface area contributed by atoms with E-state index in [9.17, 15) is 4.79 Å². The van der Waals surface area contributed by atoms with Gasteiger partial charge in [-0.3, -0.25) is 4.90 Å². The van der Waals surface area contributed by atoms with Gasteiger partial charge in [0.1, 0.15) is 23.7 Å². The fourth-order valence-corrected chi connectivity index (χ4v) is 2.78. The second-order valence-electron chi connectivity index (χ2n) is 6.11. The number of nitrogens with zero attached hydrogens (tertiary/aromatic N) is 1. The number of amides is 1. The largest absolute Gasteiger partial charge is 0.493 e. The normalized spacial score (nSPS) is 21.0. The van der Waals surface area contributed by atoms with E-state index in [1.165, 1.54) is 12.8 Å². The van der Waals surface area contributed by atoms with Gasteiger partial charge in [-0.25, -0.2) is 4.79 Å². The van der Waals surface area contributed by atoms with E-state index in [0.29, 0.717) is 24.7 Å². The Bertz CT molecular complexity index is 721. The van der Waals surface area contributed by atoms with Crippen LogP contribution in [0.3, 0.4) is 0 Å². The van der Waals surface area contributed by atoms with Crippen LogP contribution in [0.4, 0.5) is 10.5 Å². The fourth-order valence-electron chi connectivity index (χ4n) is 2.78. The van der Waals surface area contributed by atoms with Gasteiger partial charge in [-0.2, -0.15) is 0 Å². The van der Waals surface area contributed by atoms with E-state index in [4.69, 9.17) is 18.6 Å². The Hall–Kier alpha value is -2.21. The van der Waals surface area contributed by atoms with Gasteiger partial charge < -0.3 is 18.6 Å². The van der Waals surface area contributed by atoms with E-state index >= 15 is 0 Å². The molecule has 0 bridgehead atoms. The first-order valence-corrected chi connectivity index (χ1v) is 7.85. The number of hydrogen-bond donors (Lipinski definition) is 0. The summed E-state index contributed by atoms with van der Waals surface area (Å²) in [5.74, 6) is 1.50. The predicted molar refractivity (Wildman–Crippen MR) is 83.9 cm³/mol. The molecule has 1 aliphatic heterocycles. The molecule has 2 fully saturated rings. The first-order valence-electron chi connectivity index (χ1n) is 7.85. The minimum absolute atomic E-state index is 0.251. The van der Waals surface area contributed by atoms with Crippen LogP contribution in [0, 0.1) is 5.92 Å². The molecular formula is C17H19NO5. The van der Waals surface area contributed by atoms with Crippen LogP contribution < -0.4 is 9.64 Å². The van der Waals surface area contributed by atoms with E-state index < -0.39 is 0 Å². The van der Waals surface area contributed by atoms with Gasteiger partial charge in [0.2, 0.25) is 0 Å². The van der Waals surface area contributed by atoms with Crippen molar-refractivity contribution in [3.05, 3.63) is 24.5 Å². The first-order chi connectivity index (χ1) is 11.2. The average Bonchev–Trinajstić information content (AvgIpc) is 3.18. The Morgan fingerprint density at radius 3 is 2.96 bits per heavy atom. The number of carbonyl (C=O) groups excluding carboxylic acids is 1. The maximum atomic E-state index is 12.0. The smallest absolute Gasteiger partial charge is 0.414 e. The minimum atomic E-state index is -0.371. The predicted octanol–water partition coefficient (Wildman–Crippen LogP) is 3.19. The molecule has 0 N–H and O–H groups in total. The molecule has 4 rings (SSSR count). The van der Waals surface area contributed by atoms with E-state index in [-0.39, 0.29) is 12.2 Å². The van der Waals surface area contributed by atoms with E-state index in [2.05, 4.69) is 0 Å². The highest BCUT2D eigenvalue weighted by molar-refractivity contribution is 6.01. The van der Waals surface area contributed by atoms with Crippen LogP contribution in [0.5, 0.6) is 5.75 Å². The number of benzene rings is 1. The van der Waals surface area contributed by atoms with Crippen molar-refractivity contribution >= 4 is 22.7 Å². The number of cyclic esters (lactones) is 1. The van der Waals surface area contributed by atoms with Crippen LogP contribution in [0.25, 0.3) is 11.0 Å². The molecule has 2 aromatic rings. The zero-order valence-corrected chi connectivity index (χ0v) is 13.0. The van der Waals surface area contributed by atoms with Gasteiger partial charge in [0.05, 0.1) is 25.4 Å². The Kier molecular flexibility index (Phi) is 3.61. The van der Waals surface area contributed by atoms with Gasteiger partial charge in [-0.05, 0) is 30.9 Å². The zero-order chi connectivity index (χ0) is 15.8. The molecule has 1 saturated carbocycles.